The number of carboxylic acid groups (broad SMARTS) is 2. The molecule has 200 valence electrons. The summed E-state index contributed by atoms with van der Waals surface area (Å²) in [5, 5.41) is 25.7. The van der Waals surface area contributed by atoms with Crippen molar-refractivity contribution in [2.45, 2.75) is 77.5 Å². The number of carboxylic acids is 2. The van der Waals surface area contributed by atoms with Gasteiger partial charge in [0.1, 0.15) is 18.1 Å². The normalized spacial score (nSPS) is 15.1. The first-order valence-corrected chi connectivity index (χ1v) is 11.4. The molecule has 14 nitrogen and oxygen atoms in total. The molecule has 11 N–H and O–H groups in total. The Morgan fingerprint density at radius 2 is 1.46 bits per heavy atom. The number of nitrogens with zero attached hydrogens (tertiary/aromatic N) is 1. The van der Waals surface area contributed by atoms with E-state index in [-0.39, 0.29) is 31.3 Å². The van der Waals surface area contributed by atoms with Crippen LogP contribution in [-0.4, -0.2) is 76.5 Å². The summed E-state index contributed by atoms with van der Waals surface area (Å²) in [5.74, 6) is -5.86. The Balaban J connectivity index is 5.42. The van der Waals surface area contributed by atoms with Crippen LogP contribution in [0, 0.1) is 11.8 Å². The van der Waals surface area contributed by atoms with Crippen LogP contribution < -0.4 is 33.2 Å². The second kappa shape index (κ2) is 15.5. The van der Waals surface area contributed by atoms with E-state index >= 15 is 0 Å². The molecule has 0 aliphatic rings. The lowest BCUT2D eigenvalue weighted by Gasteiger charge is -2.27. The van der Waals surface area contributed by atoms with Gasteiger partial charge in [-0.25, -0.2) is 4.79 Å². The van der Waals surface area contributed by atoms with Gasteiger partial charge >= 0.3 is 11.9 Å². The van der Waals surface area contributed by atoms with Crippen molar-refractivity contribution in [1.29, 1.82) is 0 Å². The molecule has 0 saturated heterocycles. The third-order valence-electron chi connectivity index (χ3n) is 5.38. The lowest BCUT2D eigenvalue weighted by molar-refractivity contribution is -0.143. The zero-order valence-electron chi connectivity index (χ0n) is 20.6. The lowest BCUT2D eigenvalue weighted by atomic mass is 9.98. The minimum absolute atomic E-state index is 0.0296. The first-order valence-electron chi connectivity index (χ1n) is 11.4. The average molecular weight is 502 g/mol. The number of carbonyl (C=O) groups excluding carboxylic acids is 3. The van der Waals surface area contributed by atoms with Gasteiger partial charge in [-0.05, 0) is 24.7 Å². The highest BCUT2D eigenvalue weighted by atomic mass is 16.4. The predicted molar refractivity (Wildman–Crippen MR) is 128 cm³/mol. The molecule has 0 radical (unpaired) electrons. The number of nitrogens with one attached hydrogen (secondary N) is 3. The molecule has 14 heteroatoms. The molecule has 5 atom stereocenters. The fraction of sp³-hybridized carbons (Fsp3) is 0.714. The van der Waals surface area contributed by atoms with E-state index < -0.39 is 66.2 Å². The van der Waals surface area contributed by atoms with E-state index in [0.29, 0.717) is 6.42 Å². The van der Waals surface area contributed by atoms with Crippen LogP contribution in [0.1, 0.15) is 53.4 Å². The predicted octanol–water partition coefficient (Wildman–Crippen LogP) is -1.92. The Morgan fingerprint density at radius 3 is 1.91 bits per heavy atom. The van der Waals surface area contributed by atoms with Gasteiger partial charge in [0.05, 0.1) is 12.5 Å². The molecular formula is C21H39N7O7. The van der Waals surface area contributed by atoms with Crippen LogP contribution in [0.25, 0.3) is 0 Å². The maximum absolute atomic E-state index is 12.8. The lowest BCUT2D eigenvalue weighted by Crippen LogP contribution is -2.59. The van der Waals surface area contributed by atoms with Crippen molar-refractivity contribution >= 4 is 35.6 Å². The molecule has 5 unspecified atom stereocenters. The van der Waals surface area contributed by atoms with Crippen molar-refractivity contribution in [2.75, 3.05) is 6.54 Å². The van der Waals surface area contributed by atoms with E-state index in [1.807, 2.05) is 6.92 Å². The number of guanidine groups is 1. The first-order chi connectivity index (χ1) is 16.2. The largest absolute Gasteiger partial charge is 0.481 e. The fourth-order valence-corrected chi connectivity index (χ4v) is 2.98. The van der Waals surface area contributed by atoms with Gasteiger partial charge in [0.2, 0.25) is 17.7 Å². The molecule has 0 aromatic heterocycles. The van der Waals surface area contributed by atoms with Crippen molar-refractivity contribution in [1.82, 2.24) is 16.0 Å². The Kier molecular flexibility index (Phi) is 14.0. The van der Waals surface area contributed by atoms with Crippen LogP contribution in [0.3, 0.4) is 0 Å². The fourth-order valence-electron chi connectivity index (χ4n) is 2.98. The van der Waals surface area contributed by atoms with E-state index in [1.165, 1.54) is 0 Å². The smallest absolute Gasteiger partial charge is 0.326 e. The van der Waals surface area contributed by atoms with Crippen LogP contribution in [0.4, 0.5) is 0 Å². The molecule has 0 bridgehead atoms. The van der Waals surface area contributed by atoms with Crippen LogP contribution in [0.15, 0.2) is 4.99 Å². The minimum Gasteiger partial charge on any atom is -0.481 e. The third-order valence-corrected chi connectivity index (χ3v) is 5.38. The number of carbonyl (C=O) groups is 5. The number of amides is 3. The highest BCUT2D eigenvalue weighted by molar-refractivity contribution is 5.95. The van der Waals surface area contributed by atoms with E-state index in [0.717, 1.165) is 0 Å². The van der Waals surface area contributed by atoms with Gasteiger partial charge in [-0.2, -0.15) is 0 Å². The number of aliphatic carboxylic acids is 2. The second-order valence-electron chi connectivity index (χ2n) is 8.65. The molecule has 0 aliphatic carbocycles. The molecule has 0 aromatic carbocycles. The van der Waals surface area contributed by atoms with E-state index in [4.69, 9.17) is 17.2 Å². The standard InChI is InChI=1S/C21H39N7O7/c1-5-11(4)15(22)18(32)27-13(9-14(29)30)17(31)28-16(10(2)3)19(33)26-12(20(34)35)7-6-8-25-21(23)24/h10-13,15-16H,5-9,22H2,1-4H3,(H,26,33)(H,27,32)(H,28,31)(H,29,30)(H,34,35)(H4,23,24,25). The molecule has 0 aromatic rings. The quantitative estimate of drug-likeness (QED) is 0.0661. The monoisotopic (exact) mass is 501 g/mol. The number of hydrogen-bond donors (Lipinski definition) is 8. The van der Waals surface area contributed by atoms with Gasteiger partial charge in [-0.15, -0.1) is 0 Å². The summed E-state index contributed by atoms with van der Waals surface area (Å²) in [7, 11) is 0. The van der Waals surface area contributed by atoms with Gasteiger partial charge in [0.25, 0.3) is 0 Å². The van der Waals surface area contributed by atoms with E-state index in [9.17, 15) is 34.2 Å². The molecule has 0 aliphatic heterocycles. The van der Waals surface area contributed by atoms with Gasteiger partial charge < -0.3 is 43.4 Å². The molecule has 0 rings (SSSR count). The zero-order valence-corrected chi connectivity index (χ0v) is 20.6. The molecule has 0 heterocycles. The summed E-state index contributed by atoms with van der Waals surface area (Å²) in [6, 6.07) is -4.90. The summed E-state index contributed by atoms with van der Waals surface area (Å²) in [6.45, 7) is 6.97. The Bertz CT molecular complexity index is 784. The average Bonchev–Trinajstić information content (AvgIpc) is 2.76. The zero-order chi connectivity index (χ0) is 27.3. The molecule has 0 fully saturated rings. The number of aliphatic imine (C=N–C) groups is 1. The van der Waals surface area contributed by atoms with E-state index in [1.54, 1.807) is 20.8 Å². The van der Waals surface area contributed by atoms with Gasteiger partial charge in [-0.1, -0.05) is 34.1 Å². The topological polar surface area (TPSA) is 252 Å². The van der Waals surface area contributed by atoms with Crippen molar-refractivity contribution in [2.24, 2.45) is 34.0 Å². The molecule has 0 saturated carbocycles. The third kappa shape index (κ3) is 12.0. The number of rotatable bonds is 16. The highest BCUT2D eigenvalue weighted by Gasteiger charge is 2.33. The summed E-state index contributed by atoms with van der Waals surface area (Å²) in [4.78, 5) is 64.6. The molecule has 35 heavy (non-hydrogen) atoms. The van der Waals surface area contributed by atoms with Gasteiger partial charge in [0, 0.05) is 6.54 Å². The van der Waals surface area contributed by atoms with Crippen LogP contribution in [0.2, 0.25) is 0 Å². The van der Waals surface area contributed by atoms with Crippen LogP contribution >= 0.6 is 0 Å². The van der Waals surface area contributed by atoms with Crippen molar-refractivity contribution < 1.29 is 34.2 Å². The maximum Gasteiger partial charge on any atom is 0.326 e. The number of nitrogens with two attached hydrogens (primary N) is 3. The van der Waals surface area contributed by atoms with Gasteiger partial charge in [-0.3, -0.25) is 24.2 Å². The van der Waals surface area contributed by atoms with Crippen molar-refractivity contribution in [3.63, 3.8) is 0 Å². The summed E-state index contributed by atoms with van der Waals surface area (Å²) >= 11 is 0. The highest BCUT2D eigenvalue weighted by Crippen LogP contribution is 2.08. The Labute approximate surface area is 204 Å². The first kappa shape index (κ1) is 31.6. The second-order valence-corrected chi connectivity index (χ2v) is 8.65. The van der Waals surface area contributed by atoms with Crippen LogP contribution in [-0.2, 0) is 24.0 Å². The summed E-state index contributed by atoms with van der Waals surface area (Å²) in [6.07, 6.45) is 0.162. The molecule has 0 spiro atoms. The molecular weight excluding hydrogens is 462 g/mol. The SMILES string of the molecule is CCC(C)C(N)C(=O)NC(CC(=O)O)C(=O)NC(C(=O)NC(CCCN=C(N)N)C(=O)O)C(C)C. The number of hydrogen-bond acceptors (Lipinski definition) is 7. The van der Waals surface area contributed by atoms with Crippen molar-refractivity contribution in [3.8, 4) is 0 Å². The molecule has 3 amide bonds. The maximum atomic E-state index is 12.8. The summed E-state index contributed by atoms with van der Waals surface area (Å²) < 4.78 is 0. The Morgan fingerprint density at radius 1 is 0.886 bits per heavy atom. The van der Waals surface area contributed by atoms with E-state index in [2.05, 4.69) is 20.9 Å². The minimum atomic E-state index is -1.49. The van der Waals surface area contributed by atoms with Crippen LogP contribution in [0.5, 0.6) is 0 Å². The van der Waals surface area contributed by atoms with Crippen molar-refractivity contribution in [3.05, 3.63) is 0 Å². The van der Waals surface area contributed by atoms with Gasteiger partial charge in [0.15, 0.2) is 5.96 Å². The Hall–Kier alpha value is -3.42. The summed E-state index contributed by atoms with van der Waals surface area (Å²) in [5.41, 5.74) is 16.3.